The Kier molecular flexibility index (Phi) is 8.51. The molecule has 176 valence electrons. The zero-order valence-electron chi connectivity index (χ0n) is 19.4. The van der Waals surface area contributed by atoms with Crippen LogP contribution in [0.5, 0.6) is 5.75 Å². The molecule has 0 unspecified atom stereocenters. The average Bonchev–Trinajstić information content (AvgIpc) is 3.37. The van der Waals surface area contributed by atoms with Gasteiger partial charge in [0.15, 0.2) is 11.0 Å². The molecule has 1 aromatic carbocycles. The van der Waals surface area contributed by atoms with Crippen LogP contribution in [-0.4, -0.2) is 46.1 Å². The molecule has 8 nitrogen and oxygen atoms in total. The maximum atomic E-state index is 12.7. The number of methoxy groups -OCH3 is 1. The number of nitrogens with zero attached hydrogens (tertiary/aromatic N) is 3. The summed E-state index contributed by atoms with van der Waals surface area (Å²) in [6.45, 7) is 8.64. The number of ether oxygens (including phenoxy) is 2. The molecule has 1 N–H and O–H groups in total. The first kappa shape index (κ1) is 24.8. The molecule has 2 heterocycles. The number of esters is 1. The second kappa shape index (κ2) is 11.3. The van der Waals surface area contributed by atoms with Crippen LogP contribution in [0.2, 0.25) is 0 Å². The van der Waals surface area contributed by atoms with Gasteiger partial charge in [-0.1, -0.05) is 18.7 Å². The summed E-state index contributed by atoms with van der Waals surface area (Å²) in [4.78, 5) is 26.2. The fraction of sp³-hybridized carbons (Fsp3) is 0.391. The molecule has 0 atom stereocenters. The number of benzene rings is 1. The van der Waals surface area contributed by atoms with Crippen molar-refractivity contribution in [3.63, 3.8) is 0 Å². The summed E-state index contributed by atoms with van der Waals surface area (Å²) in [7, 11) is 1.62. The van der Waals surface area contributed by atoms with Crippen molar-refractivity contribution in [2.45, 2.75) is 45.8 Å². The third kappa shape index (κ3) is 5.56. The predicted molar refractivity (Wildman–Crippen MR) is 131 cm³/mol. The van der Waals surface area contributed by atoms with Crippen molar-refractivity contribution in [3.05, 3.63) is 40.3 Å². The number of carbonyl (C=O) groups is 2. The third-order valence-corrected chi connectivity index (χ3v) is 7.04. The number of rotatable bonds is 10. The standard InChI is InChI=1S/C23H28N4O4S2/c1-6-17-14(4)33-21(19(17)22(29)31-8-3)24-18(28)13-32-23-26-25-20(27(23)7-2)15-9-11-16(30-5)12-10-15/h9-12H,6-8,13H2,1-5H3,(H,24,28). The van der Waals surface area contributed by atoms with E-state index in [9.17, 15) is 9.59 Å². The maximum absolute atomic E-state index is 12.7. The van der Waals surface area contributed by atoms with Gasteiger partial charge in [0.1, 0.15) is 10.8 Å². The average molecular weight is 489 g/mol. The lowest BCUT2D eigenvalue weighted by atomic mass is 10.1. The fourth-order valence-electron chi connectivity index (χ4n) is 3.44. The van der Waals surface area contributed by atoms with Crippen molar-refractivity contribution in [2.75, 3.05) is 24.8 Å². The summed E-state index contributed by atoms with van der Waals surface area (Å²) in [5.74, 6) is 1.02. The number of hydrogen-bond acceptors (Lipinski definition) is 8. The number of aromatic nitrogens is 3. The Bertz CT molecular complexity index is 1120. The fourth-order valence-corrected chi connectivity index (χ4v) is 5.39. The smallest absolute Gasteiger partial charge is 0.341 e. The number of thioether (sulfide) groups is 1. The summed E-state index contributed by atoms with van der Waals surface area (Å²) in [6, 6.07) is 7.60. The largest absolute Gasteiger partial charge is 0.497 e. The molecule has 0 aliphatic carbocycles. The van der Waals surface area contributed by atoms with Gasteiger partial charge in [-0.05, 0) is 57.0 Å². The Morgan fingerprint density at radius 3 is 2.48 bits per heavy atom. The normalized spacial score (nSPS) is 10.8. The Hall–Kier alpha value is -2.85. The van der Waals surface area contributed by atoms with Crippen molar-refractivity contribution in [1.29, 1.82) is 0 Å². The van der Waals surface area contributed by atoms with Gasteiger partial charge in [0, 0.05) is 17.0 Å². The van der Waals surface area contributed by atoms with Crippen LogP contribution in [0.1, 0.15) is 41.6 Å². The van der Waals surface area contributed by atoms with Crippen LogP contribution in [0.3, 0.4) is 0 Å². The second-order valence-corrected chi connectivity index (χ2v) is 9.20. The molecule has 0 radical (unpaired) electrons. The highest BCUT2D eigenvalue weighted by Gasteiger charge is 2.24. The highest BCUT2D eigenvalue weighted by molar-refractivity contribution is 7.99. The lowest BCUT2D eigenvalue weighted by Gasteiger charge is -2.09. The highest BCUT2D eigenvalue weighted by atomic mass is 32.2. The van der Waals surface area contributed by atoms with Gasteiger partial charge in [0.05, 0.1) is 25.0 Å². The molecule has 33 heavy (non-hydrogen) atoms. The number of carbonyl (C=O) groups excluding carboxylic acids is 2. The Morgan fingerprint density at radius 2 is 1.88 bits per heavy atom. The monoisotopic (exact) mass is 488 g/mol. The zero-order chi connectivity index (χ0) is 24.0. The molecule has 0 bridgehead atoms. The minimum Gasteiger partial charge on any atom is -0.497 e. The van der Waals surface area contributed by atoms with Crippen molar-refractivity contribution in [3.8, 4) is 17.1 Å². The highest BCUT2D eigenvalue weighted by Crippen LogP contribution is 2.34. The minimum atomic E-state index is -0.406. The number of nitrogens with one attached hydrogen (secondary N) is 1. The van der Waals surface area contributed by atoms with Crippen molar-refractivity contribution in [1.82, 2.24) is 14.8 Å². The number of aryl methyl sites for hydroxylation is 1. The van der Waals surface area contributed by atoms with Gasteiger partial charge in [-0.2, -0.15) is 0 Å². The lowest BCUT2D eigenvalue weighted by molar-refractivity contribution is -0.113. The Balaban J connectivity index is 1.73. The van der Waals surface area contributed by atoms with E-state index in [1.54, 1.807) is 14.0 Å². The molecule has 3 aromatic rings. The van der Waals surface area contributed by atoms with Crippen LogP contribution >= 0.6 is 23.1 Å². The van der Waals surface area contributed by atoms with Gasteiger partial charge in [-0.15, -0.1) is 21.5 Å². The first-order valence-electron chi connectivity index (χ1n) is 10.7. The van der Waals surface area contributed by atoms with Gasteiger partial charge >= 0.3 is 5.97 Å². The number of hydrogen-bond donors (Lipinski definition) is 1. The van der Waals surface area contributed by atoms with E-state index in [1.165, 1.54) is 23.1 Å². The van der Waals surface area contributed by atoms with E-state index in [2.05, 4.69) is 15.5 Å². The summed E-state index contributed by atoms with van der Waals surface area (Å²) in [6.07, 6.45) is 0.689. The minimum absolute atomic E-state index is 0.140. The van der Waals surface area contributed by atoms with E-state index in [-0.39, 0.29) is 18.3 Å². The van der Waals surface area contributed by atoms with Crippen LogP contribution in [0.15, 0.2) is 29.4 Å². The van der Waals surface area contributed by atoms with E-state index in [0.29, 0.717) is 28.7 Å². The number of amides is 1. The molecule has 1 amide bonds. The van der Waals surface area contributed by atoms with Crippen LogP contribution < -0.4 is 10.1 Å². The van der Waals surface area contributed by atoms with Crippen LogP contribution in [0, 0.1) is 6.92 Å². The first-order valence-corrected chi connectivity index (χ1v) is 12.5. The summed E-state index contributed by atoms with van der Waals surface area (Å²) < 4.78 is 12.4. The van der Waals surface area contributed by atoms with Crippen molar-refractivity contribution in [2.24, 2.45) is 0 Å². The van der Waals surface area contributed by atoms with E-state index < -0.39 is 5.97 Å². The van der Waals surface area contributed by atoms with Gasteiger partial charge in [-0.3, -0.25) is 4.79 Å². The van der Waals surface area contributed by atoms with E-state index in [1.807, 2.05) is 49.6 Å². The first-order chi connectivity index (χ1) is 15.9. The SMILES string of the molecule is CCOC(=O)c1c(NC(=O)CSc2nnc(-c3ccc(OC)cc3)n2CC)sc(C)c1CC. The molecule has 2 aromatic heterocycles. The maximum Gasteiger partial charge on any atom is 0.341 e. The van der Waals surface area contributed by atoms with Crippen LogP contribution in [-0.2, 0) is 22.5 Å². The van der Waals surface area contributed by atoms with Crippen LogP contribution in [0.4, 0.5) is 5.00 Å². The summed E-state index contributed by atoms with van der Waals surface area (Å²) in [5, 5.41) is 12.7. The molecule has 0 fully saturated rings. The van der Waals surface area contributed by atoms with E-state index >= 15 is 0 Å². The molecule has 0 aliphatic heterocycles. The molecular weight excluding hydrogens is 460 g/mol. The Morgan fingerprint density at radius 1 is 1.15 bits per heavy atom. The van der Waals surface area contributed by atoms with E-state index in [4.69, 9.17) is 9.47 Å². The van der Waals surface area contributed by atoms with E-state index in [0.717, 1.165) is 27.6 Å². The van der Waals surface area contributed by atoms with Crippen LogP contribution in [0.25, 0.3) is 11.4 Å². The molecule has 3 rings (SSSR count). The molecule has 0 spiro atoms. The predicted octanol–water partition coefficient (Wildman–Crippen LogP) is 4.81. The quantitative estimate of drug-likeness (QED) is 0.323. The number of anilines is 1. The van der Waals surface area contributed by atoms with Gasteiger partial charge < -0.3 is 19.4 Å². The second-order valence-electron chi connectivity index (χ2n) is 7.03. The zero-order valence-corrected chi connectivity index (χ0v) is 21.1. The Labute approximate surface area is 201 Å². The molecule has 0 saturated carbocycles. The lowest BCUT2D eigenvalue weighted by Crippen LogP contribution is -2.17. The molecular formula is C23H28N4O4S2. The van der Waals surface area contributed by atoms with Crippen molar-refractivity contribution < 1.29 is 19.1 Å². The molecule has 0 aliphatic rings. The molecule has 10 heteroatoms. The molecule has 0 saturated heterocycles. The summed E-state index contributed by atoms with van der Waals surface area (Å²) >= 11 is 2.70. The number of thiophene rings is 1. The van der Waals surface area contributed by atoms with Gasteiger partial charge in [-0.25, -0.2) is 4.79 Å². The summed E-state index contributed by atoms with van der Waals surface area (Å²) in [5.41, 5.74) is 2.29. The van der Waals surface area contributed by atoms with Gasteiger partial charge in [0.25, 0.3) is 0 Å². The van der Waals surface area contributed by atoms with Crippen molar-refractivity contribution >= 4 is 40.0 Å². The van der Waals surface area contributed by atoms with Gasteiger partial charge in [0.2, 0.25) is 5.91 Å². The topological polar surface area (TPSA) is 95.3 Å². The third-order valence-electron chi connectivity index (χ3n) is 5.01.